The highest BCUT2D eigenvalue weighted by molar-refractivity contribution is 7.85. The second-order valence-electron chi connectivity index (χ2n) is 3.62. The van der Waals surface area contributed by atoms with E-state index in [2.05, 4.69) is 0 Å². The van der Waals surface area contributed by atoms with Crippen LogP contribution in [0.3, 0.4) is 0 Å². The third-order valence-electron chi connectivity index (χ3n) is 2.10. The maximum atomic E-state index is 10.5. The van der Waals surface area contributed by atoms with Crippen molar-refractivity contribution in [3.8, 4) is 11.5 Å². The highest BCUT2D eigenvalue weighted by atomic mass is 32.2. The Hall–Kier alpha value is -1.47. The van der Waals surface area contributed by atoms with Crippen molar-refractivity contribution >= 4 is 15.8 Å². The first kappa shape index (κ1) is 14.6. The molecule has 0 radical (unpaired) electrons. The molecule has 0 spiro atoms. The quantitative estimate of drug-likeness (QED) is 0.442. The first-order chi connectivity index (χ1) is 8.42. The van der Waals surface area contributed by atoms with E-state index in [1.165, 1.54) is 0 Å². The number of hydrogen-bond acceptors (Lipinski definition) is 5. The number of rotatable bonds is 7. The zero-order chi connectivity index (χ0) is 13.6. The normalized spacial score (nSPS) is 11.2. The van der Waals surface area contributed by atoms with E-state index in [4.69, 9.17) is 19.8 Å². The highest BCUT2D eigenvalue weighted by Gasteiger charge is 2.06. The molecule has 6 nitrogen and oxygen atoms in total. The van der Waals surface area contributed by atoms with Gasteiger partial charge in [0.2, 0.25) is 0 Å². The van der Waals surface area contributed by atoms with Gasteiger partial charge in [0, 0.05) is 6.07 Å². The molecule has 0 aromatic heterocycles. The van der Waals surface area contributed by atoms with Crippen molar-refractivity contribution in [1.29, 1.82) is 0 Å². The lowest BCUT2D eigenvalue weighted by molar-refractivity contribution is 0.315. The second-order valence-corrected chi connectivity index (χ2v) is 5.19. The fraction of sp³-hybridized carbons (Fsp3) is 0.455. The Kier molecular flexibility index (Phi) is 5.24. The molecule has 0 aliphatic heterocycles. The van der Waals surface area contributed by atoms with Crippen LogP contribution in [0.4, 0.5) is 5.69 Å². The number of hydrogen-bond donors (Lipinski definition) is 2. The minimum absolute atomic E-state index is 0.165. The Labute approximate surface area is 106 Å². The topological polar surface area (TPSA) is 98.8 Å². The van der Waals surface area contributed by atoms with Gasteiger partial charge in [0.25, 0.3) is 10.1 Å². The van der Waals surface area contributed by atoms with Crippen molar-refractivity contribution in [1.82, 2.24) is 0 Å². The lowest BCUT2D eigenvalue weighted by Crippen LogP contribution is -2.09. The van der Waals surface area contributed by atoms with Crippen molar-refractivity contribution in [3.05, 3.63) is 18.2 Å². The first-order valence-corrected chi connectivity index (χ1v) is 7.13. The minimum atomic E-state index is -3.93. The summed E-state index contributed by atoms with van der Waals surface area (Å²) in [5, 5.41) is 0. The summed E-state index contributed by atoms with van der Waals surface area (Å²) in [6.45, 7) is 2.59. The maximum absolute atomic E-state index is 10.5. The summed E-state index contributed by atoms with van der Waals surface area (Å²) in [7, 11) is -3.93. The molecule has 0 saturated heterocycles. The fourth-order valence-electron chi connectivity index (χ4n) is 1.34. The predicted molar refractivity (Wildman–Crippen MR) is 68.6 cm³/mol. The molecule has 0 amide bonds. The molecule has 7 heteroatoms. The van der Waals surface area contributed by atoms with Gasteiger partial charge in [0.1, 0.15) is 11.5 Å². The molecule has 0 aliphatic rings. The average Bonchev–Trinajstić information content (AvgIpc) is 2.26. The zero-order valence-electron chi connectivity index (χ0n) is 10.1. The monoisotopic (exact) mass is 275 g/mol. The lowest BCUT2D eigenvalue weighted by atomic mass is 10.3. The number of nitrogen functional groups attached to an aromatic ring is 1. The van der Waals surface area contributed by atoms with Crippen molar-refractivity contribution in [3.63, 3.8) is 0 Å². The Bertz CT molecular complexity index is 486. The molecule has 102 valence electrons. The van der Waals surface area contributed by atoms with Gasteiger partial charge < -0.3 is 15.2 Å². The van der Waals surface area contributed by atoms with E-state index in [-0.39, 0.29) is 18.8 Å². The number of anilines is 1. The Balaban J connectivity index is 2.48. The van der Waals surface area contributed by atoms with E-state index in [0.29, 0.717) is 23.8 Å². The lowest BCUT2D eigenvalue weighted by Gasteiger charge is -2.10. The third-order valence-corrected chi connectivity index (χ3v) is 2.90. The largest absolute Gasteiger partial charge is 0.494 e. The van der Waals surface area contributed by atoms with Gasteiger partial charge in [-0.1, -0.05) is 0 Å². The van der Waals surface area contributed by atoms with Gasteiger partial charge in [0.05, 0.1) is 24.7 Å². The third kappa shape index (κ3) is 5.24. The van der Waals surface area contributed by atoms with E-state index >= 15 is 0 Å². The molecule has 0 saturated carbocycles. The summed E-state index contributed by atoms with van der Waals surface area (Å²) >= 11 is 0. The average molecular weight is 275 g/mol. The van der Waals surface area contributed by atoms with Crippen LogP contribution in [0.1, 0.15) is 13.3 Å². The minimum Gasteiger partial charge on any atom is -0.494 e. The van der Waals surface area contributed by atoms with Crippen LogP contribution in [0.5, 0.6) is 11.5 Å². The summed E-state index contributed by atoms with van der Waals surface area (Å²) in [4.78, 5) is 0. The van der Waals surface area contributed by atoms with Crippen LogP contribution in [0, 0.1) is 0 Å². The molecule has 0 bridgehead atoms. The Morgan fingerprint density at radius 1 is 1.33 bits per heavy atom. The van der Waals surface area contributed by atoms with Crippen molar-refractivity contribution in [2.24, 2.45) is 0 Å². The predicted octanol–water partition coefficient (Wildman–Crippen LogP) is 1.32. The molecule has 1 rings (SSSR count). The second kappa shape index (κ2) is 6.46. The molecule has 0 heterocycles. The summed E-state index contributed by atoms with van der Waals surface area (Å²) < 4.78 is 40.1. The van der Waals surface area contributed by atoms with E-state index in [1.807, 2.05) is 6.92 Å². The molecule has 0 unspecified atom stereocenters. The van der Waals surface area contributed by atoms with Gasteiger partial charge in [-0.2, -0.15) is 8.42 Å². The van der Waals surface area contributed by atoms with E-state index in [9.17, 15) is 8.42 Å². The van der Waals surface area contributed by atoms with Crippen molar-refractivity contribution in [2.45, 2.75) is 13.3 Å². The van der Waals surface area contributed by atoms with Gasteiger partial charge in [0.15, 0.2) is 0 Å². The van der Waals surface area contributed by atoms with E-state index in [0.717, 1.165) is 0 Å². The molecular formula is C11H17NO5S. The highest BCUT2D eigenvalue weighted by Crippen LogP contribution is 2.26. The van der Waals surface area contributed by atoms with Crippen LogP contribution in [0.25, 0.3) is 0 Å². The van der Waals surface area contributed by atoms with Crippen LogP contribution in [-0.4, -0.2) is 31.9 Å². The maximum Gasteiger partial charge on any atom is 0.264 e. The molecule has 0 atom stereocenters. The van der Waals surface area contributed by atoms with Crippen LogP contribution >= 0.6 is 0 Å². The standard InChI is InChI=1S/C11H17NO5S/c1-2-16-9-4-5-11(10(12)8-9)17-6-3-7-18(13,14)15/h4-5,8H,2-3,6-7,12H2,1H3,(H,13,14,15). The van der Waals surface area contributed by atoms with Crippen LogP contribution in [-0.2, 0) is 10.1 Å². The van der Waals surface area contributed by atoms with Crippen LogP contribution in [0.2, 0.25) is 0 Å². The molecule has 18 heavy (non-hydrogen) atoms. The molecular weight excluding hydrogens is 258 g/mol. The van der Waals surface area contributed by atoms with Gasteiger partial charge in [-0.15, -0.1) is 0 Å². The van der Waals surface area contributed by atoms with Gasteiger partial charge in [-0.05, 0) is 25.5 Å². The summed E-state index contributed by atoms with van der Waals surface area (Å²) in [5.41, 5.74) is 6.17. The van der Waals surface area contributed by atoms with Crippen LogP contribution in [0.15, 0.2) is 18.2 Å². The Morgan fingerprint density at radius 3 is 2.61 bits per heavy atom. The SMILES string of the molecule is CCOc1ccc(OCCCS(=O)(=O)O)c(N)c1. The van der Waals surface area contributed by atoms with Gasteiger partial charge in [-0.3, -0.25) is 4.55 Å². The zero-order valence-corrected chi connectivity index (χ0v) is 10.9. The molecule has 3 N–H and O–H groups in total. The van der Waals surface area contributed by atoms with Crippen molar-refractivity contribution in [2.75, 3.05) is 24.7 Å². The number of ether oxygens (including phenoxy) is 2. The van der Waals surface area contributed by atoms with Crippen LogP contribution < -0.4 is 15.2 Å². The smallest absolute Gasteiger partial charge is 0.264 e. The number of nitrogens with two attached hydrogens (primary N) is 1. The first-order valence-electron chi connectivity index (χ1n) is 5.52. The van der Waals surface area contributed by atoms with E-state index < -0.39 is 10.1 Å². The van der Waals surface area contributed by atoms with Gasteiger partial charge in [-0.25, -0.2) is 0 Å². The summed E-state index contributed by atoms with van der Waals surface area (Å²) in [6, 6.07) is 5.02. The fourth-order valence-corrected chi connectivity index (χ4v) is 1.82. The summed E-state index contributed by atoms with van der Waals surface area (Å²) in [5.74, 6) is 0.790. The molecule has 0 fully saturated rings. The number of benzene rings is 1. The molecule has 1 aromatic rings. The van der Waals surface area contributed by atoms with Gasteiger partial charge >= 0.3 is 0 Å². The van der Waals surface area contributed by atoms with E-state index in [1.54, 1.807) is 18.2 Å². The molecule has 1 aromatic carbocycles. The summed E-state index contributed by atoms with van der Waals surface area (Å²) in [6.07, 6.45) is 0.200. The molecule has 0 aliphatic carbocycles. The van der Waals surface area contributed by atoms with Crippen molar-refractivity contribution < 1.29 is 22.4 Å². The Morgan fingerprint density at radius 2 is 2.06 bits per heavy atom.